The zero-order valence-corrected chi connectivity index (χ0v) is 14.6. The van der Waals surface area contributed by atoms with Crippen molar-refractivity contribution >= 4 is 5.91 Å². The summed E-state index contributed by atoms with van der Waals surface area (Å²) >= 11 is 0. The van der Waals surface area contributed by atoms with Crippen molar-refractivity contribution in [1.82, 2.24) is 5.32 Å². The first-order chi connectivity index (χ1) is 12.8. The predicted octanol–water partition coefficient (Wildman–Crippen LogP) is -3.42. The van der Waals surface area contributed by atoms with Crippen LogP contribution >= 0.6 is 0 Å². The Kier molecular flexibility index (Phi) is 4.81. The molecule has 2 unspecified atom stereocenters. The standard InChI is InChI=1S/C16H22N2O10/c17-15(23)13(20,14(21,22)12(19)18-15)8-5-6-10(28-16(24,25)26)11(7-8)27-9-3-1-2-4-9/h5-7,9,20-26H,1-4,17H2,(H,18,19). The Morgan fingerprint density at radius 2 is 1.68 bits per heavy atom. The third-order valence-electron chi connectivity index (χ3n) is 4.88. The number of ether oxygens (including phenoxy) is 2. The topological polar surface area (TPSA) is 215 Å². The molecule has 3 rings (SSSR count). The Morgan fingerprint density at radius 1 is 1.07 bits per heavy atom. The van der Waals surface area contributed by atoms with Crippen LogP contribution in [0.2, 0.25) is 0 Å². The minimum Gasteiger partial charge on any atom is -0.487 e. The first-order valence-electron chi connectivity index (χ1n) is 8.46. The summed E-state index contributed by atoms with van der Waals surface area (Å²) in [4.78, 5) is 11.8. The van der Waals surface area contributed by atoms with Crippen LogP contribution < -0.4 is 20.5 Å². The largest absolute Gasteiger partial charge is 0.487 e. The van der Waals surface area contributed by atoms with Crippen molar-refractivity contribution < 1.29 is 50.0 Å². The van der Waals surface area contributed by atoms with Crippen molar-refractivity contribution in [1.29, 1.82) is 0 Å². The second-order valence-electron chi connectivity index (χ2n) is 6.96. The molecule has 1 heterocycles. The highest BCUT2D eigenvalue weighted by atomic mass is 16.9. The van der Waals surface area contributed by atoms with E-state index in [1.165, 1.54) is 0 Å². The van der Waals surface area contributed by atoms with Crippen LogP contribution in [-0.2, 0) is 10.4 Å². The van der Waals surface area contributed by atoms with E-state index in [2.05, 4.69) is 4.74 Å². The monoisotopic (exact) mass is 402 g/mol. The van der Waals surface area contributed by atoms with Crippen LogP contribution in [0.25, 0.3) is 0 Å². The molecule has 1 aromatic carbocycles. The average molecular weight is 402 g/mol. The lowest BCUT2D eigenvalue weighted by atomic mass is 9.83. The summed E-state index contributed by atoms with van der Waals surface area (Å²) in [6, 6.07) is 2.92. The van der Waals surface area contributed by atoms with Gasteiger partial charge < -0.3 is 50.5 Å². The Labute approximate surface area is 158 Å². The van der Waals surface area contributed by atoms with Gasteiger partial charge in [0.05, 0.1) is 6.10 Å². The fourth-order valence-electron chi connectivity index (χ4n) is 3.44. The highest BCUT2D eigenvalue weighted by molar-refractivity contribution is 5.89. The van der Waals surface area contributed by atoms with E-state index in [-0.39, 0.29) is 17.6 Å². The maximum atomic E-state index is 11.8. The number of hydrogen-bond donors (Lipinski definition) is 9. The molecule has 0 bridgehead atoms. The van der Waals surface area contributed by atoms with Crippen LogP contribution in [0.4, 0.5) is 0 Å². The minimum absolute atomic E-state index is 0.231. The lowest BCUT2D eigenvalue weighted by molar-refractivity contribution is -0.419. The number of hydrogen-bond acceptors (Lipinski definition) is 11. The number of aliphatic hydroxyl groups is 7. The van der Waals surface area contributed by atoms with E-state index in [4.69, 9.17) is 25.8 Å². The summed E-state index contributed by atoms with van der Waals surface area (Å²) in [5.74, 6) is -8.61. The van der Waals surface area contributed by atoms with Crippen LogP contribution in [0.5, 0.6) is 11.5 Å². The van der Waals surface area contributed by atoms with E-state index in [0.29, 0.717) is 12.8 Å². The first kappa shape index (κ1) is 20.7. The second-order valence-corrected chi connectivity index (χ2v) is 6.96. The van der Waals surface area contributed by atoms with Crippen molar-refractivity contribution in [3.63, 3.8) is 0 Å². The van der Waals surface area contributed by atoms with E-state index in [1.54, 1.807) is 5.32 Å². The number of amides is 1. The molecule has 1 aromatic rings. The maximum absolute atomic E-state index is 11.8. The summed E-state index contributed by atoms with van der Waals surface area (Å²) < 4.78 is 10.3. The van der Waals surface area contributed by atoms with Crippen molar-refractivity contribution in [2.45, 2.75) is 55.2 Å². The molecule has 2 fully saturated rings. The molecule has 1 saturated heterocycles. The number of rotatable bonds is 5. The smallest absolute Gasteiger partial charge is 0.453 e. The zero-order chi connectivity index (χ0) is 21.0. The molecule has 2 aliphatic rings. The minimum atomic E-state index is -3.54. The van der Waals surface area contributed by atoms with E-state index < -0.39 is 34.9 Å². The number of nitrogens with two attached hydrogens (primary N) is 1. The van der Waals surface area contributed by atoms with Crippen molar-refractivity contribution in [2.75, 3.05) is 0 Å². The highest BCUT2D eigenvalue weighted by Gasteiger charge is 2.72. The fourth-order valence-corrected chi connectivity index (χ4v) is 3.44. The number of carbonyl (C=O) groups is 1. The molecule has 1 aliphatic heterocycles. The van der Waals surface area contributed by atoms with E-state index in [1.807, 2.05) is 0 Å². The van der Waals surface area contributed by atoms with Crippen molar-refractivity contribution in [2.24, 2.45) is 5.73 Å². The van der Waals surface area contributed by atoms with Gasteiger partial charge in [-0.25, -0.2) is 0 Å². The summed E-state index contributed by atoms with van der Waals surface area (Å²) in [5.41, 5.74) is 1.88. The first-order valence-corrected chi connectivity index (χ1v) is 8.46. The molecule has 0 radical (unpaired) electrons. The Morgan fingerprint density at radius 3 is 2.18 bits per heavy atom. The molecule has 0 spiro atoms. The van der Waals surface area contributed by atoms with Crippen LogP contribution in [0.15, 0.2) is 18.2 Å². The molecular formula is C16H22N2O10. The molecule has 12 heteroatoms. The van der Waals surface area contributed by atoms with Gasteiger partial charge in [0.25, 0.3) is 11.7 Å². The quantitative estimate of drug-likeness (QED) is 0.221. The molecule has 156 valence electrons. The van der Waals surface area contributed by atoms with Gasteiger partial charge in [0.1, 0.15) is 0 Å². The molecule has 0 aromatic heterocycles. The number of carbonyl (C=O) groups excluding carboxylic acids is 1. The molecule has 1 amide bonds. The van der Waals surface area contributed by atoms with Gasteiger partial charge in [-0.2, -0.15) is 0 Å². The summed E-state index contributed by atoms with van der Waals surface area (Å²) in [7, 11) is 0. The van der Waals surface area contributed by atoms with Crippen molar-refractivity contribution in [3.05, 3.63) is 23.8 Å². The average Bonchev–Trinajstić information content (AvgIpc) is 3.10. The predicted molar refractivity (Wildman–Crippen MR) is 87.7 cm³/mol. The second kappa shape index (κ2) is 6.50. The number of nitrogens with one attached hydrogen (secondary N) is 1. The lowest BCUT2D eigenvalue weighted by Gasteiger charge is -2.38. The van der Waals surface area contributed by atoms with Crippen molar-refractivity contribution in [3.8, 4) is 11.5 Å². The van der Waals surface area contributed by atoms with E-state index in [0.717, 1.165) is 31.0 Å². The normalized spacial score (nSPS) is 30.4. The Bertz CT molecular complexity index is 769. The molecule has 1 saturated carbocycles. The molecule has 12 nitrogen and oxygen atoms in total. The van der Waals surface area contributed by atoms with Gasteiger partial charge in [0.2, 0.25) is 11.4 Å². The maximum Gasteiger partial charge on any atom is 0.453 e. The lowest BCUT2D eigenvalue weighted by Crippen LogP contribution is -2.66. The van der Waals surface area contributed by atoms with Gasteiger partial charge >= 0.3 is 6.16 Å². The molecule has 2 atom stereocenters. The van der Waals surface area contributed by atoms with E-state index >= 15 is 0 Å². The number of benzene rings is 1. The molecule has 10 N–H and O–H groups in total. The molecule has 28 heavy (non-hydrogen) atoms. The van der Waals surface area contributed by atoms with Gasteiger partial charge in [-0.3, -0.25) is 10.5 Å². The fraction of sp³-hybridized carbons (Fsp3) is 0.562. The van der Waals surface area contributed by atoms with E-state index in [9.17, 15) is 25.2 Å². The molecule has 1 aliphatic carbocycles. The highest BCUT2D eigenvalue weighted by Crippen LogP contribution is 2.45. The SMILES string of the molecule is NC1(O)NC(=O)C(O)(O)C1(O)c1ccc(OC(O)(O)O)c(OC2CCCC2)c1. The summed E-state index contributed by atoms with van der Waals surface area (Å²) in [5, 5.41) is 70.0. The zero-order valence-electron chi connectivity index (χ0n) is 14.6. The van der Waals surface area contributed by atoms with Crippen LogP contribution in [0.1, 0.15) is 31.2 Å². The van der Waals surface area contributed by atoms with Crippen LogP contribution in [-0.4, -0.2) is 65.6 Å². The van der Waals surface area contributed by atoms with Crippen LogP contribution in [0.3, 0.4) is 0 Å². The van der Waals surface area contributed by atoms with Gasteiger partial charge in [-0.1, -0.05) is 6.07 Å². The van der Waals surface area contributed by atoms with Gasteiger partial charge in [-0.05, 0) is 43.4 Å². The van der Waals surface area contributed by atoms with Gasteiger partial charge in [0, 0.05) is 0 Å². The third-order valence-corrected chi connectivity index (χ3v) is 4.88. The van der Waals surface area contributed by atoms with Gasteiger partial charge in [0.15, 0.2) is 11.5 Å². The summed E-state index contributed by atoms with van der Waals surface area (Å²) in [6.45, 7) is 0. The third kappa shape index (κ3) is 3.29. The van der Waals surface area contributed by atoms with Gasteiger partial charge in [-0.15, -0.1) is 0 Å². The summed E-state index contributed by atoms with van der Waals surface area (Å²) in [6.07, 6.45) is -0.741. The Hall–Kier alpha value is -2.03. The Balaban J connectivity index is 2.07. The molecular weight excluding hydrogens is 380 g/mol. The van der Waals surface area contributed by atoms with Crippen LogP contribution in [0, 0.1) is 0 Å².